The quantitative estimate of drug-likeness (QED) is 0.286. The number of nitrogens with zero attached hydrogens (tertiary/aromatic N) is 2. The molecule has 1 atom stereocenters. The second-order valence-electron chi connectivity index (χ2n) is 7.52. The van der Waals surface area contributed by atoms with Crippen molar-refractivity contribution in [2.75, 3.05) is 0 Å². The summed E-state index contributed by atoms with van der Waals surface area (Å²) in [5, 5.41) is 12.0. The number of hydrogen-bond acceptors (Lipinski definition) is 4. The minimum absolute atomic E-state index is 0.180. The maximum atomic E-state index is 9.75. The molecule has 0 spiro atoms. The lowest BCUT2D eigenvalue weighted by Gasteiger charge is -2.18. The van der Waals surface area contributed by atoms with E-state index in [9.17, 15) is 5.26 Å². The van der Waals surface area contributed by atoms with Gasteiger partial charge in [-0.15, -0.1) is 11.3 Å². The minimum atomic E-state index is -0.180. The van der Waals surface area contributed by atoms with E-state index in [2.05, 4.69) is 53.5 Å². The van der Waals surface area contributed by atoms with Gasteiger partial charge >= 0.3 is 0 Å². The molecule has 0 radical (unpaired) electrons. The van der Waals surface area contributed by atoms with E-state index in [1.54, 1.807) is 11.3 Å². The topological polar surface area (TPSA) is 45.9 Å². The van der Waals surface area contributed by atoms with Crippen LogP contribution in [-0.4, -0.2) is 4.98 Å². The number of ether oxygens (including phenoxy) is 1. The summed E-state index contributed by atoms with van der Waals surface area (Å²) in [5.41, 5.74) is 6.60. The smallest absolute Gasteiger partial charge is 0.119 e. The fourth-order valence-electron chi connectivity index (χ4n) is 3.97. The molecule has 1 heterocycles. The zero-order chi connectivity index (χ0) is 21.8. The normalized spacial score (nSPS) is 11.8. The van der Waals surface area contributed by atoms with Crippen molar-refractivity contribution in [2.24, 2.45) is 0 Å². The fourth-order valence-corrected chi connectivity index (χ4v) is 4.66. The molecule has 5 aromatic rings. The first-order valence-corrected chi connectivity index (χ1v) is 11.3. The molecule has 0 aliphatic carbocycles. The summed E-state index contributed by atoms with van der Waals surface area (Å²) in [6, 6.07) is 33.0. The second kappa shape index (κ2) is 9.15. The van der Waals surface area contributed by atoms with Crippen LogP contribution in [0.25, 0.3) is 21.9 Å². The third kappa shape index (κ3) is 4.04. The van der Waals surface area contributed by atoms with Gasteiger partial charge in [0.2, 0.25) is 0 Å². The Labute approximate surface area is 191 Å². The molecule has 1 aromatic heterocycles. The van der Waals surface area contributed by atoms with Gasteiger partial charge < -0.3 is 4.74 Å². The minimum Gasteiger partial charge on any atom is -0.363 e. The number of thiazole rings is 1. The fraction of sp³-hybridized carbons (Fsp3) is 0.0714. The summed E-state index contributed by atoms with van der Waals surface area (Å²) < 4.78 is 6.40. The molecule has 0 saturated heterocycles. The molecular weight excluding hydrogens is 412 g/mol. The highest BCUT2D eigenvalue weighted by Gasteiger charge is 2.17. The second-order valence-corrected chi connectivity index (χ2v) is 8.44. The molecule has 0 aliphatic rings. The number of benzene rings is 4. The molecule has 0 N–H and O–H groups in total. The predicted octanol–water partition coefficient (Wildman–Crippen LogP) is 7.14. The largest absolute Gasteiger partial charge is 0.363 e. The van der Waals surface area contributed by atoms with Gasteiger partial charge in [0.25, 0.3) is 0 Å². The Kier molecular flexibility index (Phi) is 5.76. The zero-order valence-corrected chi connectivity index (χ0v) is 18.1. The average molecular weight is 433 g/mol. The van der Waals surface area contributed by atoms with Crippen LogP contribution in [0.4, 0.5) is 0 Å². The van der Waals surface area contributed by atoms with E-state index in [1.807, 2.05) is 60.2 Å². The van der Waals surface area contributed by atoms with Crippen molar-refractivity contribution in [1.82, 2.24) is 4.98 Å². The van der Waals surface area contributed by atoms with Gasteiger partial charge in [0.05, 0.1) is 28.6 Å². The molecule has 0 amide bonds. The first-order chi connectivity index (χ1) is 15.8. The van der Waals surface area contributed by atoms with E-state index in [1.165, 1.54) is 0 Å². The molecule has 3 nitrogen and oxygen atoms in total. The van der Waals surface area contributed by atoms with E-state index in [-0.39, 0.29) is 6.10 Å². The van der Waals surface area contributed by atoms with Crippen molar-refractivity contribution in [3.05, 3.63) is 124 Å². The van der Waals surface area contributed by atoms with Crippen LogP contribution in [0.3, 0.4) is 0 Å². The van der Waals surface area contributed by atoms with Crippen LogP contribution in [0.5, 0.6) is 0 Å². The van der Waals surface area contributed by atoms with E-state index in [0.717, 1.165) is 37.9 Å². The monoisotopic (exact) mass is 432 g/mol. The molecule has 0 aliphatic heterocycles. The van der Waals surface area contributed by atoms with E-state index < -0.39 is 0 Å². The Hall–Kier alpha value is -3.78. The van der Waals surface area contributed by atoms with Gasteiger partial charge in [-0.1, -0.05) is 78.9 Å². The highest BCUT2D eigenvalue weighted by atomic mass is 32.1. The van der Waals surface area contributed by atoms with Gasteiger partial charge in [0, 0.05) is 11.8 Å². The van der Waals surface area contributed by atoms with Crippen LogP contribution >= 0.6 is 11.3 Å². The van der Waals surface area contributed by atoms with Gasteiger partial charge in [-0.25, -0.2) is 0 Å². The van der Waals surface area contributed by atoms with Gasteiger partial charge in [-0.05, 0) is 39.6 Å². The molecular formula is C28H20N2OS. The molecule has 4 aromatic carbocycles. The number of rotatable bonds is 6. The third-order valence-electron chi connectivity index (χ3n) is 5.51. The molecule has 0 fully saturated rings. The highest BCUT2D eigenvalue weighted by molar-refractivity contribution is 7.09. The van der Waals surface area contributed by atoms with Crippen LogP contribution in [-0.2, 0) is 11.3 Å². The summed E-state index contributed by atoms with van der Waals surface area (Å²) in [4.78, 5) is 5.30. The molecule has 32 heavy (non-hydrogen) atoms. The SMILES string of the molecule is N#Cc1ccc(COC(c2ccccc2)c2cncs2)cc1-c1cccc2ccccc12. The van der Waals surface area contributed by atoms with Crippen molar-refractivity contribution in [3.63, 3.8) is 0 Å². The lowest BCUT2D eigenvalue weighted by molar-refractivity contribution is 0.0689. The molecule has 5 rings (SSSR count). The molecule has 0 bridgehead atoms. The highest BCUT2D eigenvalue weighted by Crippen LogP contribution is 2.33. The molecule has 0 saturated carbocycles. The van der Waals surface area contributed by atoms with Crippen molar-refractivity contribution >= 4 is 22.1 Å². The summed E-state index contributed by atoms with van der Waals surface area (Å²) in [7, 11) is 0. The maximum absolute atomic E-state index is 9.75. The summed E-state index contributed by atoms with van der Waals surface area (Å²) in [5.74, 6) is 0. The number of hydrogen-bond donors (Lipinski definition) is 0. The Balaban J connectivity index is 1.49. The van der Waals surface area contributed by atoms with Crippen LogP contribution < -0.4 is 0 Å². The van der Waals surface area contributed by atoms with E-state index in [4.69, 9.17) is 4.74 Å². The summed E-state index contributed by atoms with van der Waals surface area (Å²) in [6.07, 6.45) is 1.68. The van der Waals surface area contributed by atoms with Crippen molar-refractivity contribution in [3.8, 4) is 17.2 Å². The Bertz CT molecular complexity index is 1380. The first-order valence-electron chi connectivity index (χ1n) is 10.4. The average Bonchev–Trinajstić information content (AvgIpc) is 3.39. The standard InChI is InChI=1S/C28H20N2OS/c29-16-23-14-13-20(15-26(23)25-12-6-10-21-7-4-5-11-24(21)25)18-31-28(27-17-30-19-32-27)22-8-2-1-3-9-22/h1-15,17,19,28H,18H2. The van der Waals surface area contributed by atoms with Gasteiger partial charge in [0.1, 0.15) is 6.10 Å². The lowest BCUT2D eigenvalue weighted by atomic mass is 9.93. The zero-order valence-electron chi connectivity index (χ0n) is 17.3. The summed E-state index contributed by atoms with van der Waals surface area (Å²) >= 11 is 1.59. The van der Waals surface area contributed by atoms with Gasteiger partial charge in [0.15, 0.2) is 0 Å². The Morgan fingerprint density at radius 2 is 1.69 bits per heavy atom. The Morgan fingerprint density at radius 3 is 2.50 bits per heavy atom. The number of nitriles is 1. The van der Waals surface area contributed by atoms with Gasteiger partial charge in [-0.3, -0.25) is 4.98 Å². The van der Waals surface area contributed by atoms with Crippen LogP contribution in [0, 0.1) is 11.3 Å². The van der Waals surface area contributed by atoms with Crippen molar-refractivity contribution in [1.29, 1.82) is 5.26 Å². The molecule has 1 unspecified atom stereocenters. The summed E-state index contributed by atoms with van der Waals surface area (Å²) in [6.45, 7) is 0.431. The van der Waals surface area contributed by atoms with Crippen molar-refractivity contribution < 1.29 is 4.74 Å². The predicted molar refractivity (Wildman–Crippen MR) is 129 cm³/mol. The number of aromatic nitrogens is 1. The van der Waals surface area contributed by atoms with E-state index >= 15 is 0 Å². The van der Waals surface area contributed by atoms with Crippen LogP contribution in [0.15, 0.2) is 103 Å². The van der Waals surface area contributed by atoms with Crippen molar-refractivity contribution in [2.45, 2.75) is 12.7 Å². The first kappa shape index (κ1) is 20.1. The van der Waals surface area contributed by atoms with Crippen LogP contribution in [0.1, 0.15) is 27.7 Å². The molecule has 4 heteroatoms. The van der Waals surface area contributed by atoms with Crippen LogP contribution in [0.2, 0.25) is 0 Å². The maximum Gasteiger partial charge on any atom is 0.119 e. The third-order valence-corrected chi connectivity index (χ3v) is 6.33. The van der Waals surface area contributed by atoms with Gasteiger partial charge in [-0.2, -0.15) is 5.26 Å². The number of fused-ring (bicyclic) bond motifs is 1. The lowest BCUT2D eigenvalue weighted by Crippen LogP contribution is -2.05. The molecule has 154 valence electrons. The van der Waals surface area contributed by atoms with E-state index in [0.29, 0.717) is 12.2 Å². The Morgan fingerprint density at radius 1 is 0.875 bits per heavy atom.